The highest BCUT2D eigenvalue weighted by atomic mass is 32.2. The zero-order chi connectivity index (χ0) is 15.9. The van der Waals surface area contributed by atoms with Crippen LogP contribution >= 0.6 is 11.8 Å². The van der Waals surface area contributed by atoms with Crippen molar-refractivity contribution in [1.82, 2.24) is 5.32 Å². The predicted octanol–water partition coefficient (Wildman–Crippen LogP) is 2.50. The van der Waals surface area contributed by atoms with E-state index in [-0.39, 0.29) is 11.7 Å². The Balaban J connectivity index is 2.06. The van der Waals surface area contributed by atoms with Crippen LogP contribution in [0, 0.1) is 6.92 Å². The van der Waals surface area contributed by atoms with Gasteiger partial charge in [0.25, 0.3) is 5.91 Å². The van der Waals surface area contributed by atoms with Crippen LogP contribution in [-0.4, -0.2) is 17.6 Å². The number of rotatable bonds is 6. The summed E-state index contributed by atoms with van der Waals surface area (Å²) in [6.07, 6.45) is 0. The molecule has 0 radical (unpaired) electrons. The van der Waals surface area contributed by atoms with Crippen LogP contribution in [0.25, 0.3) is 0 Å². The van der Waals surface area contributed by atoms with Crippen molar-refractivity contribution in [3.63, 3.8) is 0 Å². The summed E-state index contributed by atoms with van der Waals surface area (Å²) in [5.41, 5.74) is 7.93. The highest BCUT2D eigenvalue weighted by Gasteiger charge is 2.12. The predicted molar refractivity (Wildman–Crippen MR) is 88.7 cm³/mol. The monoisotopic (exact) mass is 314 g/mol. The Morgan fingerprint density at radius 3 is 2.50 bits per heavy atom. The van der Waals surface area contributed by atoms with Gasteiger partial charge in [0.2, 0.25) is 5.91 Å². The molecule has 4 nitrogen and oxygen atoms in total. The number of thioether (sulfide) groups is 1. The Kier molecular flexibility index (Phi) is 5.61. The second kappa shape index (κ2) is 7.66. The normalized spacial score (nSPS) is 10.2. The second-order valence-electron chi connectivity index (χ2n) is 4.86. The molecule has 0 saturated carbocycles. The van der Waals surface area contributed by atoms with Crippen LogP contribution in [0.3, 0.4) is 0 Å². The third-order valence-electron chi connectivity index (χ3n) is 3.20. The molecule has 0 fully saturated rings. The topological polar surface area (TPSA) is 72.2 Å². The summed E-state index contributed by atoms with van der Waals surface area (Å²) in [7, 11) is 0. The van der Waals surface area contributed by atoms with Crippen LogP contribution in [0.4, 0.5) is 0 Å². The van der Waals surface area contributed by atoms with E-state index in [2.05, 4.69) is 5.32 Å². The molecule has 2 amide bonds. The molecule has 114 valence electrons. The molecule has 2 aromatic rings. The first-order valence-electron chi connectivity index (χ1n) is 6.91. The van der Waals surface area contributed by atoms with Gasteiger partial charge in [0, 0.05) is 11.4 Å². The van der Waals surface area contributed by atoms with Crippen molar-refractivity contribution in [2.75, 3.05) is 5.75 Å². The Morgan fingerprint density at radius 1 is 1.09 bits per heavy atom. The van der Waals surface area contributed by atoms with Crippen molar-refractivity contribution >= 4 is 23.6 Å². The molecule has 2 aromatic carbocycles. The average molecular weight is 314 g/mol. The van der Waals surface area contributed by atoms with Gasteiger partial charge in [-0.2, -0.15) is 0 Å². The number of nitrogens with one attached hydrogen (secondary N) is 1. The highest BCUT2D eigenvalue weighted by Crippen LogP contribution is 2.22. The fourth-order valence-electron chi connectivity index (χ4n) is 2.01. The summed E-state index contributed by atoms with van der Waals surface area (Å²) in [5, 5.41) is 2.92. The maximum Gasteiger partial charge on any atom is 0.252 e. The fraction of sp³-hybridized carbons (Fsp3) is 0.176. The lowest BCUT2D eigenvalue weighted by atomic mass is 10.1. The number of hydrogen-bond acceptors (Lipinski definition) is 3. The lowest BCUT2D eigenvalue weighted by Gasteiger charge is -2.10. The number of carbonyl (C=O) groups is 2. The second-order valence-corrected chi connectivity index (χ2v) is 5.88. The van der Waals surface area contributed by atoms with Crippen molar-refractivity contribution in [2.24, 2.45) is 5.73 Å². The van der Waals surface area contributed by atoms with Crippen LogP contribution in [-0.2, 0) is 11.3 Å². The fourth-order valence-corrected chi connectivity index (χ4v) is 2.80. The van der Waals surface area contributed by atoms with E-state index < -0.39 is 5.91 Å². The van der Waals surface area contributed by atoms with Crippen molar-refractivity contribution in [3.05, 3.63) is 65.2 Å². The minimum Gasteiger partial charge on any atom is -0.369 e. The lowest BCUT2D eigenvalue weighted by molar-refractivity contribution is -0.115. The smallest absolute Gasteiger partial charge is 0.252 e. The van der Waals surface area contributed by atoms with Gasteiger partial charge in [-0.3, -0.25) is 9.59 Å². The molecule has 0 aliphatic rings. The quantitative estimate of drug-likeness (QED) is 0.805. The van der Waals surface area contributed by atoms with E-state index in [1.165, 1.54) is 11.8 Å². The van der Waals surface area contributed by atoms with E-state index >= 15 is 0 Å². The zero-order valence-electron chi connectivity index (χ0n) is 12.3. The van der Waals surface area contributed by atoms with Gasteiger partial charge in [-0.1, -0.05) is 36.4 Å². The summed E-state index contributed by atoms with van der Waals surface area (Å²) in [4.78, 5) is 24.0. The van der Waals surface area contributed by atoms with Gasteiger partial charge in [0.15, 0.2) is 0 Å². The molecule has 0 bridgehead atoms. The van der Waals surface area contributed by atoms with Gasteiger partial charge in [-0.25, -0.2) is 0 Å². The third kappa shape index (κ3) is 4.36. The molecular weight excluding hydrogens is 296 g/mol. The number of benzene rings is 2. The molecule has 0 aliphatic heterocycles. The molecule has 0 unspecified atom stereocenters. The molecule has 0 atom stereocenters. The molecule has 3 N–H and O–H groups in total. The van der Waals surface area contributed by atoms with Crippen molar-refractivity contribution in [3.8, 4) is 0 Å². The molecule has 0 heterocycles. The van der Waals surface area contributed by atoms with E-state index in [1.54, 1.807) is 12.1 Å². The van der Waals surface area contributed by atoms with Crippen molar-refractivity contribution in [2.45, 2.75) is 18.4 Å². The first kappa shape index (κ1) is 16.1. The van der Waals surface area contributed by atoms with Gasteiger partial charge in [-0.15, -0.1) is 11.8 Å². The molecule has 0 saturated heterocycles. The Morgan fingerprint density at radius 2 is 1.77 bits per heavy atom. The summed E-state index contributed by atoms with van der Waals surface area (Å²) >= 11 is 1.27. The maximum absolute atomic E-state index is 12.4. The number of carbonyl (C=O) groups excluding carboxylic acids is 2. The summed E-state index contributed by atoms with van der Waals surface area (Å²) in [6, 6.07) is 15.1. The number of hydrogen-bond donors (Lipinski definition) is 2. The lowest BCUT2D eigenvalue weighted by Crippen LogP contribution is -2.24. The van der Waals surface area contributed by atoms with E-state index in [1.807, 2.05) is 43.3 Å². The summed E-state index contributed by atoms with van der Waals surface area (Å²) in [6.45, 7) is 2.48. The molecule has 22 heavy (non-hydrogen) atoms. The number of primary amides is 1. The largest absolute Gasteiger partial charge is 0.369 e. The molecular formula is C17H18N2O2S. The van der Waals surface area contributed by atoms with E-state index in [9.17, 15) is 9.59 Å². The summed E-state index contributed by atoms with van der Waals surface area (Å²) < 4.78 is 0. The van der Waals surface area contributed by atoms with E-state index in [0.29, 0.717) is 12.1 Å². The van der Waals surface area contributed by atoms with E-state index in [0.717, 1.165) is 16.0 Å². The highest BCUT2D eigenvalue weighted by molar-refractivity contribution is 8.00. The van der Waals surface area contributed by atoms with Gasteiger partial charge < -0.3 is 11.1 Å². The molecule has 5 heteroatoms. The van der Waals surface area contributed by atoms with Gasteiger partial charge in [0.1, 0.15) is 0 Å². The Hall–Kier alpha value is -2.27. The van der Waals surface area contributed by atoms with E-state index in [4.69, 9.17) is 5.73 Å². The SMILES string of the molecule is Cc1ccccc1CNC(=O)c1ccccc1SCC(N)=O. The first-order chi connectivity index (χ1) is 10.6. The average Bonchev–Trinajstić information content (AvgIpc) is 2.52. The molecule has 0 aromatic heterocycles. The van der Waals surface area contributed by atoms with Crippen molar-refractivity contribution in [1.29, 1.82) is 0 Å². The minimum absolute atomic E-state index is 0.155. The minimum atomic E-state index is -0.403. The zero-order valence-corrected chi connectivity index (χ0v) is 13.2. The van der Waals surface area contributed by atoms with Gasteiger partial charge >= 0.3 is 0 Å². The molecule has 2 rings (SSSR count). The first-order valence-corrected chi connectivity index (χ1v) is 7.89. The number of aryl methyl sites for hydroxylation is 1. The van der Waals surface area contributed by atoms with Crippen LogP contribution in [0.2, 0.25) is 0 Å². The number of amides is 2. The van der Waals surface area contributed by atoms with Crippen LogP contribution in [0.1, 0.15) is 21.5 Å². The maximum atomic E-state index is 12.4. The standard InChI is InChI=1S/C17H18N2O2S/c1-12-6-2-3-7-13(12)10-19-17(21)14-8-4-5-9-15(14)22-11-16(18)20/h2-9H,10-11H2,1H3,(H2,18,20)(H,19,21). The summed E-state index contributed by atoms with van der Waals surface area (Å²) in [5.74, 6) is -0.404. The van der Waals surface area contributed by atoms with Crippen LogP contribution < -0.4 is 11.1 Å². The van der Waals surface area contributed by atoms with Crippen LogP contribution in [0.5, 0.6) is 0 Å². The van der Waals surface area contributed by atoms with Crippen molar-refractivity contribution < 1.29 is 9.59 Å². The van der Waals surface area contributed by atoms with Gasteiger partial charge in [0.05, 0.1) is 11.3 Å². The molecule has 0 aliphatic carbocycles. The van der Waals surface area contributed by atoms with Crippen LogP contribution in [0.15, 0.2) is 53.4 Å². The van der Waals surface area contributed by atoms with Gasteiger partial charge in [-0.05, 0) is 30.2 Å². The Labute approximate surface area is 134 Å². The number of nitrogens with two attached hydrogens (primary N) is 1. The third-order valence-corrected chi connectivity index (χ3v) is 4.30. The molecule has 0 spiro atoms. The Bertz CT molecular complexity index is 686.